The van der Waals surface area contributed by atoms with E-state index in [0.717, 1.165) is 17.7 Å². The van der Waals surface area contributed by atoms with Gasteiger partial charge in [-0.2, -0.15) is 13.2 Å². The van der Waals surface area contributed by atoms with Gasteiger partial charge < -0.3 is 4.90 Å². The number of amides is 1. The average molecular weight is 307 g/mol. The van der Waals surface area contributed by atoms with E-state index in [1.807, 2.05) is 30.3 Å². The van der Waals surface area contributed by atoms with Crippen LogP contribution in [0.2, 0.25) is 0 Å². The number of hydrogen-bond acceptors (Lipinski definition) is 1. The van der Waals surface area contributed by atoms with Crippen LogP contribution in [0.15, 0.2) is 54.6 Å². The molecule has 0 aliphatic carbocycles. The Morgan fingerprint density at radius 3 is 2.27 bits per heavy atom. The van der Waals surface area contributed by atoms with Gasteiger partial charge in [-0.05, 0) is 17.2 Å². The van der Waals surface area contributed by atoms with Gasteiger partial charge in [0.2, 0.25) is 5.91 Å². The fraction of sp³-hybridized carbons (Fsp3) is 0.235. The van der Waals surface area contributed by atoms with Gasteiger partial charge in [0.1, 0.15) is 0 Å². The largest absolute Gasteiger partial charge is 0.416 e. The molecule has 0 saturated carbocycles. The Kier molecular flexibility index (Phi) is 4.85. The number of carbonyl (C=O) groups is 1. The van der Waals surface area contributed by atoms with Crippen molar-refractivity contribution in [2.24, 2.45) is 0 Å². The van der Waals surface area contributed by atoms with Crippen LogP contribution in [0.5, 0.6) is 0 Å². The van der Waals surface area contributed by atoms with E-state index in [0.29, 0.717) is 12.1 Å². The third-order valence-electron chi connectivity index (χ3n) is 3.30. The van der Waals surface area contributed by atoms with Gasteiger partial charge in [0.25, 0.3) is 0 Å². The van der Waals surface area contributed by atoms with Crippen molar-refractivity contribution in [3.05, 3.63) is 71.3 Å². The maximum Gasteiger partial charge on any atom is 0.416 e. The highest BCUT2D eigenvalue weighted by Crippen LogP contribution is 2.29. The second-order valence-corrected chi connectivity index (χ2v) is 5.11. The first-order valence-corrected chi connectivity index (χ1v) is 6.80. The third kappa shape index (κ3) is 4.35. The standard InChI is InChI=1S/C17H16F3NO/c1-21(12-13-6-3-2-4-7-13)16(22)11-14-8-5-9-15(10-14)17(18,19)20/h2-10H,11-12H2,1H3. The molecule has 0 bridgehead atoms. The quantitative estimate of drug-likeness (QED) is 0.839. The van der Waals surface area contributed by atoms with E-state index in [4.69, 9.17) is 0 Å². The minimum absolute atomic E-state index is 0.0484. The number of alkyl halides is 3. The minimum Gasteiger partial charge on any atom is -0.341 e. The predicted octanol–water partition coefficient (Wildman–Crippen LogP) is 3.91. The highest BCUT2D eigenvalue weighted by molar-refractivity contribution is 5.78. The summed E-state index contributed by atoms with van der Waals surface area (Å²) in [6.07, 6.45) is -4.44. The van der Waals surface area contributed by atoms with Crippen molar-refractivity contribution in [3.63, 3.8) is 0 Å². The van der Waals surface area contributed by atoms with E-state index in [9.17, 15) is 18.0 Å². The summed E-state index contributed by atoms with van der Waals surface area (Å²) in [5, 5.41) is 0. The fourth-order valence-electron chi connectivity index (χ4n) is 2.11. The van der Waals surface area contributed by atoms with Crippen molar-refractivity contribution in [1.82, 2.24) is 4.90 Å². The highest BCUT2D eigenvalue weighted by Gasteiger charge is 2.30. The Hall–Kier alpha value is -2.30. The molecule has 0 aromatic heterocycles. The first-order valence-electron chi connectivity index (χ1n) is 6.80. The lowest BCUT2D eigenvalue weighted by Gasteiger charge is -2.17. The lowest BCUT2D eigenvalue weighted by Crippen LogP contribution is -2.27. The molecule has 2 aromatic rings. The molecule has 2 rings (SSSR count). The van der Waals surface area contributed by atoms with Gasteiger partial charge in [-0.25, -0.2) is 0 Å². The molecule has 0 atom stereocenters. The van der Waals surface area contributed by atoms with Crippen molar-refractivity contribution >= 4 is 5.91 Å². The summed E-state index contributed by atoms with van der Waals surface area (Å²) in [6, 6.07) is 14.3. The number of nitrogens with zero attached hydrogens (tertiary/aromatic N) is 1. The van der Waals surface area contributed by atoms with E-state index >= 15 is 0 Å². The van der Waals surface area contributed by atoms with Gasteiger partial charge in [0.15, 0.2) is 0 Å². The topological polar surface area (TPSA) is 20.3 Å². The summed E-state index contributed by atoms with van der Waals surface area (Å²) in [6.45, 7) is 0.429. The van der Waals surface area contributed by atoms with E-state index in [1.165, 1.54) is 17.0 Å². The minimum atomic E-state index is -4.39. The Morgan fingerprint density at radius 2 is 1.64 bits per heavy atom. The maximum absolute atomic E-state index is 12.7. The van der Waals surface area contributed by atoms with Gasteiger partial charge in [0, 0.05) is 13.6 Å². The molecule has 0 unspecified atom stereocenters. The van der Waals surface area contributed by atoms with Crippen molar-refractivity contribution < 1.29 is 18.0 Å². The van der Waals surface area contributed by atoms with Crippen molar-refractivity contribution in [2.45, 2.75) is 19.1 Å². The number of rotatable bonds is 4. The Labute approximate surface area is 127 Å². The molecular weight excluding hydrogens is 291 g/mol. The first-order chi connectivity index (χ1) is 10.4. The fourth-order valence-corrected chi connectivity index (χ4v) is 2.11. The van der Waals surface area contributed by atoms with E-state index in [-0.39, 0.29) is 12.3 Å². The molecule has 0 fully saturated rings. The summed E-state index contributed by atoms with van der Waals surface area (Å²) in [5.74, 6) is -0.219. The molecule has 0 heterocycles. The SMILES string of the molecule is CN(Cc1ccccc1)C(=O)Cc1cccc(C(F)(F)F)c1. The van der Waals surface area contributed by atoms with Crippen LogP contribution >= 0.6 is 0 Å². The number of halogens is 3. The van der Waals surface area contributed by atoms with Crippen LogP contribution in [-0.2, 0) is 23.9 Å². The lowest BCUT2D eigenvalue weighted by molar-refractivity contribution is -0.138. The number of benzene rings is 2. The summed E-state index contributed by atoms with van der Waals surface area (Å²) in [5.41, 5.74) is 0.602. The van der Waals surface area contributed by atoms with E-state index in [2.05, 4.69) is 0 Å². The Balaban J connectivity index is 2.02. The van der Waals surface area contributed by atoms with Crippen LogP contribution in [-0.4, -0.2) is 17.9 Å². The molecule has 0 spiro atoms. The smallest absolute Gasteiger partial charge is 0.341 e. The van der Waals surface area contributed by atoms with Gasteiger partial charge in [0.05, 0.1) is 12.0 Å². The Morgan fingerprint density at radius 1 is 1.00 bits per heavy atom. The molecule has 2 aromatic carbocycles. The highest BCUT2D eigenvalue weighted by atomic mass is 19.4. The van der Waals surface area contributed by atoms with Crippen LogP contribution in [0.25, 0.3) is 0 Å². The zero-order chi connectivity index (χ0) is 16.2. The van der Waals surface area contributed by atoms with Gasteiger partial charge in [-0.15, -0.1) is 0 Å². The summed E-state index contributed by atoms with van der Waals surface area (Å²) >= 11 is 0. The van der Waals surface area contributed by atoms with Crippen LogP contribution in [0, 0.1) is 0 Å². The van der Waals surface area contributed by atoms with Crippen LogP contribution < -0.4 is 0 Å². The molecule has 1 amide bonds. The predicted molar refractivity (Wildman–Crippen MR) is 78.1 cm³/mol. The maximum atomic E-state index is 12.7. The van der Waals surface area contributed by atoms with E-state index < -0.39 is 11.7 Å². The second-order valence-electron chi connectivity index (χ2n) is 5.11. The molecule has 22 heavy (non-hydrogen) atoms. The Bertz CT molecular complexity index is 638. The molecule has 0 aliphatic heterocycles. The van der Waals surface area contributed by atoms with Crippen molar-refractivity contribution in [2.75, 3.05) is 7.05 Å². The van der Waals surface area contributed by atoms with Gasteiger partial charge in [-0.3, -0.25) is 4.79 Å². The second kappa shape index (κ2) is 6.64. The molecule has 0 aliphatic rings. The summed E-state index contributed by atoms with van der Waals surface area (Å²) in [4.78, 5) is 13.6. The molecule has 0 N–H and O–H groups in total. The average Bonchev–Trinajstić information content (AvgIpc) is 2.47. The third-order valence-corrected chi connectivity index (χ3v) is 3.30. The van der Waals surface area contributed by atoms with Crippen LogP contribution in [0.1, 0.15) is 16.7 Å². The zero-order valence-corrected chi connectivity index (χ0v) is 12.1. The zero-order valence-electron chi connectivity index (χ0n) is 12.1. The van der Waals surface area contributed by atoms with Gasteiger partial charge in [-0.1, -0.05) is 48.5 Å². The van der Waals surface area contributed by atoms with Crippen molar-refractivity contribution in [3.8, 4) is 0 Å². The number of hydrogen-bond donors (Lipinski definition) is 0. The van der Waals surface area contributed by atoms with E-state index in [1.54, 1.807) is 7.05 Å². The summed E-state index contributed by atoms with van der Waals surface area (Å²) < 4.78 is 38.0. The first kappa shape index (κ1) is 16.1. The molecule has 5 heteroatoms. The van der Waals surface area contributed by atoms with Crippen molar-refractivity contribution in [1.29, 1.82) is 0 Å². The molecule has 0 saturated heterocycles. The normalized spacial score (nSPS) is 11.3. The van der Waals surface area contributed by atoms with Crippen LogP contribution in [0.4, 0.5) is 13.2 Å². The molecule has 2 nitrogen and oxygen atoms in total. The summed E-state index contributed by atoms with van der Waals surface area (Å²) in [7, 11) is 1.64. The van der Waals surface area contributed by atoms with Gasteiger partial charge >= 0.3 is 6.18 Å². The number of likely N-dealkylation sites (N-methyl/N-ethyl adjacent to an activating group) is 1. The van der Waals surface area contributed by atoms with Crippen LogP contribution in [0.3, 0.4) is 0 Å². The lowest BCUT2D eigenvalue weighted by atomic mass is 10.1. The molecule has 0 radical (unpaired) electrons. The molecular formula is C17H16F3NO. The molecule has 116 valence electrons. The number of carbonyl (C=O) groups excluding carboxylic acids is 1. The monoisotopic (exact) mass is 307 g/mol.